The Morgan fingerprint density at radius 2 is 2.00 bits per heavy atom. The van der Waals surface area contributed by atoms with Crippen molar-refractivity contribution in [2.45, 2.75) is 76.5 Å². The molecular formula is C23H35NO3. The van der Waals surface area contributed by atoms with E-state index in [1.807, 2.05) is 0 Å². The van der Waals surface area contributed by atoms with Gasteiger partial charge in [-0.1, -0.05) is 20.3 Å². The summed E-state index contributed by atoms with van der Waals surface area (Å²) >= 11 is 0. The first-order valence-corrected chi connectivity index (χ1v) is 11.7. The number of likely N-dealkylation sites (tertiary alicyclic amines) is 1. The molecule has 8 rings (SSSR count). The van der Waals surface area contributed by atoms with Gasteiger partial charge in [0.25, 0.3) is 0 Å². The Hall–Kier alpha value is -0.160. The highest BCUT2D eigenvalue weighted by Gasteiger charge is 2.84. The summed E-state index contributed by atoms with van der Waals surface area (Å²) in [6, 6.07) is 0.719. The van der Waals surface area contributed by atoms with Crippen LogP contribution in [0.15, 0.2) is 0 Å². The average molecular weight is 374 g/mol. The quantitative estimate of drug-likeness (QED) is 0.767. The SMILES string of the molecule is CCN1C[C@]2(C)CCC[C@]34C1[C@H](C[C@H]23)[C@@]12CC[C@@H](C[C@@H]41)[C@@]1(COCO1)[C@H]2O. The lowest BCUT2D eigenvalue weighted by Gasteiger charge is -2.69. The minimum atomic E-state index is -0.390. The van der Waals surface area contributed by atoms with Crippen molar-refractivity contribution in [2.24, 2.45) is 39.9 Å². The van der Waals surface area contributed by atoms with E-state index in [0.717, 1.165) is 17.9 Å². The summed E-state index contributed by atoms with van der Waals surface area (Å²) in [7, 11) is 0. The molecule has 27 heavy (non-hydrogen) atoms. The van der Waals surface area contributed by atoms with Crippen LogP contribution in [0.2, 0.25) is 0 Å². The van der Waals surface area contributed by atoms with Crippen LogP contribution in [0.1, 0.15) is 58.8 Å². The second kappa shape index (κ2) is 4.77. The number of nitrogens with zero attached hydrogens (tertiary/aromatic N) is 1. The van der Waals surface area contributed by atoms with Crippen LogP contribution >= 0.6 is 0 Å². The molecular weight excluding hydrogens is 338 g/mol. The minimum Gasteiger partial charge on any atom is -0.389 e. The molecule has 0 aromatic heterocycles. The first-order chi connectivity index (χ1) is 13.0. The number of aliphatic hydroxyl groups excluding tert-OH is 1. The summed E-state index contributed by atoms with van der Waals surface area (Å²) in [5.41, 5.74) is 0.693. The smallest absolute Gasteiger partial charge is 0.147 e. The second-order valence-electron chi connectivity index (χ2n) is 11.6. The maximum Gasteiger partial charge on any atom is 0.147 e. The molecule has 7 bridgehead atoms. The number of aliphatic hydroxyl groups is 1. The van der Waals surface area contributed by atoms with Gasteiger partial charge in [0.05, 0.1) is 12.7 Å². The number of fused-ring (bicyclic) bond motifs is 1. The van der Waals surface area contributed by atoms with E-state index in [1.165, 1.54) is 58.0 Å². The largest absolute Gasteiger partial charge is 0.389 e. The molecule has 3 spiro atoms. The van der Waals surface area contributed by atoms with E-state index < -0.39 is 0 Å². The summed E-state index contributed by atoms with van der Waals surface area (Å²) < 4.78 is 12.0. The van der Waals surface area contributed by atoms with E-state index in [4.69, 9.17) is 9.47 Å². The van der Waals surface area contributed by atoms with Crippen molar-refractivity contribution in [1.29, 1.82) is 0 Å². The van der Waals surface area contributed by atoms with Crippen molar-refractivity contribution >= 4 is 0 Å². The molecule has 4 nitrogen and oxygen atoms in total. The average Bonchev–Trinajstić information content (AvgIpc) is 3.31. The van der Waals surface area contributed by atoms with Crippen molar-refractivity contribution in [3.63, 3.8) is 0 Å². The number of rotatable bonds is 1. The maximum atomic E-state index is 11.9. The molecule has 6 aliphatic carbocycles. The highest BCUT2D eigenvalue weighted by molar-refractivity contribution is 5.34. The van der Waals surface area contributed by atoms with Crippen LogP contribution in [0.3, 0.4) is 0 Å². The van der Waals surface area contributed by atoms with Crippen molar-refractivity contribution < 1.29 is 14.6 Å². The molecule has 2 heterocycles. The molecule has 1 N–H and O–H groups in total. The number of ether oxygens (including phenoxy) is 2. The zero-order valence-corrected chi connectivity index (χ0v) is 17.0. The van der Waals surface area contributed by atoms with Gasteiger partial charge in [0.15, 0.2) is 0 Å². The molecule has 0 aromatic rings. The topological polar surface area (TPSA) is 41.9 Å². The van der Waals surface area contributed by atoms with E-state index in [-0.39, 0.29) is 17.1 Å². The second-order valence-corrected chi connectivity index (χ2v) is 11.6. The molecule has 10 atom stereocenters. The van der Waals surface area contributed by atoms with Gasteiger partial charge in [0.2, 0.25) is 0 Å². The molecule has 0 radical (unpaired) electrons. The fraction of sp³-hybridized carbons (Fsp3) is 1.00. The Kier molecular flexibility index (Phi) is 2.93. The molecule has 150 valence electrons. The first kappa shape index (κ1) is 16.6. The lowest BCUT2D eigenvalue weighted by molar-refractivity contribution is -0.277. The van der Waals surface area contributed by atoms with Gasteiger partial charge in [-0.15, -0.1) is 0 Å². The zero-order chi connectivity index (χ0) is 18.2. The molecule has 0 aromatic carbocycles. The Bertz CT molecular complexity index is 691. The minimum absolute atomic E-state index is 0.0969. The van der Waals surface area contributed by atoms with Crippen molar-refractivity contribution in [3.8, 4) is 0 Å². The van der Waals surface area contributed by atoms with E-state index in [9.17, 15) is 5.11 Å². The predicted molar refractivity (Wildman–Crippen MR) is 101 cm³/mol. The third kappa shape index (κ3) is 1.47. The number of hydrogen-bond acceptors (Lipinski definition) is 4. The highest BCUT2D eigenvalue weighted by atomic mass is 16.7. The van der Waals surface area contributed by atoms with Gasteiger partial charge < -0.3 is 14.6 Å². The normalized spacial score (nSPS) is 65.9. The lowest BCUT2D eigenvalue weighted by atomic mass is 9.38. The zero-order valence-electron chi connectivity index (χ0n) is 17.0. The summed E-state index contributed by atoms with van der Waals surface area (Å²) in [5, 5.41) is 11.9. The van der Waals surface area contributed by atoms with Gasteiger partial charge in [-0.05, 0) is 79.6 Å². The highest BCUT2D eigenvalue weighted by Crippen LogP contribution is 2.84. The number of piperidine rings is 1. The fourth-order valence-electron chi connectivity index (χ4n) is 11.0. The molecule has 2 saturated heterocycles. The first-order valence-electron chi connectivity index (χ1n) is 11.7. The summed E-state index contributed by atoms with van der Waals surface area (Å²) in [6.07, 6.45) is 9.06. The van der Waals surface area contributed by atoms with Crippen molar-refractivity contribution in [3.05, 3.63) is 0 Å². The van der Waals surface area contributed by atoms with Crippen LogP contribution < -0.4 is 0 Å². The van der Waals surface area contributed by atoms with Crippen molar-refractivity contribution in [2.75, 3.05) is 26.5 Å². The van der Waals surface area contributed by atoms with Crippen LogP contribution in [0, 0.1) is 39.9 Å². The molecule has 8 fully saturated rings. The molecule has 4 heteroatoms. The van der Waals surface area contributed by atoms with Gasteiger partial charge in [0.1, 0.15) is 12.4 Å². The molecule has 1 unspecified atom stereocenters. The Morgan fingerprint density at radius 3 is 2.78 bits per heavy atom. The third-order valence-electron chi connectivity index (χ3n) is 11.5. The summed E-state index contributed by atoms with van der Waals surface area (Å²) in [6.45, 7) is 8.46. The number of hydrogen-bond donors (Lipinski definition) is 1. The Balaban J connectivity index is 1.42. The van der Waals surface area contributed by atoms with Crippen LogP contribution in [-0.2, 0) is 9.47 Å². The van der Waals surface area contributed by atoms with E-state index in [1.54, 1.807) is 0 Å². The molecule has 8 aliphatic rings. The molecule has 0 amide bonds. The molecule has 2 aliphatic heterocycles. The Morgan fingerprint density at radius 1 is 1.11 bits per heavy atom. The van der Waals surface area contributed by atoms with Gasteiger partial charge in [0, 0.05) is 18.0 Å². The summed E-state index contributed by atoms with van der Waals surface area (Å²) in [4.78, 5) is 2.87. The van der Waals surface area contributed by atoms with Gasteiger partial charge in [-0.2, -0.15) is 0 Å². The standard InChI is InChI=1S/C23H35NO3/c1-3-24-11-20(2)6-4-7-22-16(20)10-15(18(22)24)21-8-5-14(9-17(21)22)23(19(21)25)12-26-13-27-23/h14-19,25H,3-13H2,1-2H3/t14-,15-,16+,17+,18?,19-,20-,21-,22-,23-/m0/s1. The van der Waals surface area contributed by atoms with E-state index in [0.29, 0.717) is 36.1 Å². The summed E-state index contributed by atoms with van der Waals surface area (Å²) in [5.74, 6) is 2.79. The van der Waals surface area contributed by atoms with Gasteiger partial charge in [-0.3, -0.25) is 4.90 Å². The van der Waals surface area contributed by atoms with Crippen LogP contribution in [0.5, 0.6) is 0 Å². The van der Waals surface area contributed by atoms with E-state index in [2.05, 4.69) is 18.7 Å². The van der Waals surface area contributed by atoms with Crippen LogP contribution in [-0.4, -0.2) is 54.2 Å². The van der Waals surface area contributed by atoms with Crippen LogP contribution in [0.25, 0.3) is 0 Å². The van der Waals surface area contributed by atoms with E-state index >= 15 is 0 Å². The van der Waals surface area contributed by atoms with Gasteiger partial charge >= 0.3 is 0 Å². The maximum absolute atomic E-state index is 11.9. The Labute approximate surface area is 163 Å². The molecule has 6 saturated carbocycles. The van der Waals surface area contributed by atoms with Crippen molar-refractivity contribution in [1.82, 2.24) is 4.90 Å². The fourth-order valence-corrected chi connectivity index (χ4v) is 11.0. The third-order valence-corrected chi connectivity index (χ3v) is 11.5. The van der Waals surface area contributed by atoms with Gasteiger partial charge in [-0.25, -0.2) is 0 Å². The van der Waals surface area contributed by atoms with Crippen LogP contribution in [0.4, 0.5) is 0 Å². The monoisotopic (exact) mass is 373 g/mol. The predicted octanol–water partition coefficient (Wildman–Crippen LogP) is 3.04. The lowest BCUT2D eigenvalue weighted by Crippen LogP contribution is -2.72.